The highest BCUT2D eigenvalue weighted by atomic mass is 16.5. The predicted molar refractivity (Wildman–Crippen MR) is 97.0 cm³/mol. The Bertz CT molecular complexity index is 657. The number of carboxylic acid groups (broad SMARTS) is 1. The van der Waals surface area contributed by atoms with E-state index in [4.69, 9.17) is 9.84 Å². The van der Waals surface area contributed by atoms with Crippen molar-refractivity contribution in [2.24, 2.45) is 11.8 Å². The van der Waals surface area contributed by atoms with E-state index in [-0.39, 0.29) is 24.3 Å². The highest BCUT2D eigenvalue weighted by Crippen LogP contribution is 2.32. The average molecular weight is 362 g/mol. The number of rotatable bonds is 8. The zero-order chi connectivity index (χ0) is 19.1. The van der Waals surface area contributed by atoms with Gasteiger partial charge in [0.1, 0.15) is 5.75 Å². The zero-order valence-electron chi connectivity index (χ0n) is 15.2. The first-order valence-electron chi connectivity index (χ1n) is 8.98. The van der Waals surface area contributed by atoms with Crippen LogP contribution in [0.4, 0.5) is 5.69 Å². The minimum atomic E-state index is -0.839. The molecule has 7 heteroatoms. The van der Waals surface area contributed by atoms with Crippen LogP contribution in [0.1, 0.15) is 33.1 Å². The van der Waals surface area contributed by atoms with Gasteiger partial charge in [-0.1, -0.05) is 6.07 Å². The summed E-state index contributed by atoms with van der Waals surface area (Å²) in [5.41, 5.74) is 0.571. The fraction of sp³-hybridized carbons (Fsp3) is 0.526. The van der Waals surface area contributed by atoms with Gasteiger partial charge in [0.25, 0.3) is 5.91 Å². The monoisotopic (exact) mass is 362 g/mol. The fourth-order valence-electron chi connectivity index (χ4n) is 3.16. The smallest absolute Gasteiger partial charge is 0.306 e. The van der Waals surface area contributed by atoms with Crippen LogP contribution in [0.15, 0.2) is 24.3 Å². The van der Waals surface area contributed by atoms with Crippen LogP contribution in [0.2, 0.25) is 0 Å². The van der Waals surface area contributed by atoms with Crippen molar-refractivity contribution >= 4 is 23.5 Å². The Balaban J connectivity index is 1.89. The van der Waals surface area contributed by atoms with Crippen molar-refractivity contribution in [3.63, 3.8) is 0 Å². The van der Waals surface area contributed by atoms with E-state index >= 15 is 0 Å². The number of carbonyl (C=O) groups is 3. The summed E-state index contributed by atoms with van der Waals surface area (Å²) in [6.45, 7) is 5.04. The number of carbonyl (C=O) groups excluding carboxylic acids is 2. The molecule has 142 valence electrons. The Morgan fingerprint density at radius 1 is 1.19 bits per heavy atom. The van der Waals surface area contributed by atoms with Crippen LogP contribution in [0.3, 0.4) is 0 Å². The average Bonchev–Trinajstić information content (AvgIpc) is 3.12. The molecule has 0 radical (unpaired) electrons. The van der Waals surface area contributed by atoms with Crippen molar-refractivity contribution in [2.45, 2.75) is 33.1 Å². The Labute approximate surface area is 153 Å². The number of likely N-dealkylation sites (N-methyl/N-ethyl adjacent to an activating group) is 1. The second-order valence-corrected chi connectivity index (χ2v) is 6.42. The molecule has 1 aromatic rings. The van der Waals surface area contributed by atoms with Gasteiger partial charge in [0.05, 0.1) is 5.92 Å². The molecule has 7 nitrogen and oxygen atoms in total. The Kier molecular flexibility index (Phi) is 7.00. The predicted octanol–water partition coefficient (Wildman–Crippen LogP) is 2.37. The van der Waals surface area contributed by atoms with Crippen LogP contribution in [0, 0.1) is 11.8 Å². The standard InChI is InChI=1S/C19H26N2O5/c1-3-21(4-2)17(22)12-26-16-7-5-6-15(11-16)20-18(23)13-8-9-14(10-13)19(24)25/h5-7,11,13-14H,3-4,8-10,12H2,1-2H3,(H,20,23)(H,24,25)/t13-,14+/m1/s1. The molecule has 2 N–H and O–H groups in total. The van der Waals surface area contributed by atoms with Gasteiger partial charge in [0.2, 0.25) is 5.91 Å². The van der Waals surface area contributed by atoms with E-state index in [2.05, 4.69) is 5.32 Å². The molecule has 0 bridgehead atoms. The van der Waals surface area contributed by atoms with Crippen molar-refractivity contribution in [3.8, 4) is 5.75 Å². The maximum Gasteiger partial charge on any atom is 0.306 e. The third-order valence-corrected chi connectivity index (χ3v) is 4.73. The minimum Gasteiger partial charge on any atom is -0.484 e. The van der Waals surface area contributed by atoms with Gasteiger partial charge < -0.3 is 20.1 Å². The summed E-state index contributed by atoms with van der Waals surface area (Å²) in [5.74, 6) is -1.33. The zero-order valence-corrected chi connectivity index (χ0v) is 15.2. The van der Waals surface area contributed by atoms with E-state index in [1.54, 1.807) is 29.2 Å². The maximum absolute atomic E-state index is 12.3. The quantitative estimate of drug-likeness (QED) is 0.740. The number of amides is 2. The third kappa shape index (κ3) is 5.21. The van der Waals surface area contributed by atoms with Crippen LogP contribution in [-0.2, 0) is 14.4 Å². The molecule has 1 aromatic carbocycles. The van der Waals surface area contributed by atoms with Gasteiger partial charge >= 0.3 is 5.97 Å². The lowest BCUT2D eigenvalue weighted by atomic mass is 10.0. The summed E-state index contributed by atoms with van der Waals surface area (Å²) < 4.78 is 5.53. The van der Waals surface area contributed by atoms with Crippen LogP contribution in [-0.4, -0.2) is 47.5 Å². The van der Waals surface area contributed by atoms with Crippen LogP contribution < -0.4 is 10.1 Å². The summed E-state index contributed by atoms with van der Waals surface area (Å²) in [6, 6.07) is 6.86. The van der Waals surface area contributed by atoms with Crippen LogP contribution in [0.25, 0.3) is 0 Å². The number of hydrogen-bond acceptors (Lipinski definition) is 4. The summed E-state index contributed by atoms with van der Waals surface area (Å²) in [4.78, 5) is 37.0. The lowest BCUT2D eigenvalue weighted by Crippen LogP contribution is -2.34. The number of aliphatic carboxylic acids is 1. The number of ether oxygens (including phenoxy) is 1. The van der Waals surface area contributed by atoms with Gasteiger partial charge in [-0.3, -0.25) is 14.4 Å². The molecule has 0 aromatic heterocycles. The molecule has 2 rings (SSSR count). The first-order chi connectivity index (χ1) is 12.4. The molecule has 1 aliphatic rings. The van der Waals surface area contributed by atoms with Gasteiger partial charge in [0.15, 0.2) is 6.61 Å². The Morgan fingerprint density at radius 3 is 2.50 bits per heavy atom. The molecular formula is C19H26N2O5. The van der Waals surface area contributed by atoms with E-state index in [1.807, 2.05) is 13.8 Å². The van der Waals surface area contributed by atoms with E-state index in [0.717, 1.165) is 0 Å². The van der Waals surface area contributed by atoms with Crippen LogP contribution >= 0.6 is 0 Å². The Morgan fingerprint density at radius 2 is 1.88 bits per heavy atom. The molecule has 0 spiro atoms. The highest BCUT2D eigenvalue weighted by Gasteiger charge is 2.33. The topological polar surface area (TPSA) is 95.9 Å². The number of anilines is 1. The molecule has 0 heterocycles. The molecule has 1 aliphatic carbocycles. The second-order valence-electron chi connectivity index (χ2n) is 6.42. The van der Waals surface area contributed by atoms with E-state index in [1.165, 1.54) is 0 Å². The first kappa shape index (κ1) is 19.8. The molecule has 1 saturated carbocycles. The van der Waals surface area contributed by atoms with Gasteiger partial charge in [0, 0.05) is 30.8 Å². The number of nitrogens with one attached hydrogen (secondary N) is 1. The second kappa shape index (κ2) is 9.22. The van der Waals surface area contributed by atoms with Gasteiger partial charge in [-0.2, -0.15) is 0 Å². The normalized spacial score (nSPS) is 19.0. The fourth-order valence-corrected chi connectivity index (χ4v) is 3.16. The molecule has 0 aliphatic heterocycles. The van der Waals surface area contributed by atoms with E-state index < -0.39 is 11.9 Å². The van der Waals surface area contributed by atoms with Crippen molar-refractivity contribution in [1.29, 1.82) is 0 Å². The number of hydrogen-bond donors (Lipinski definition) is 2. The van der Waals surface area contributed by atoms with Gasteiger partial charge in [-0.05, 0) is 45.2 Å². The highest BCUT2D eigenvalue weighted by molar-refractivity contribution is 5.93. The van der Waals surface area contributed by atoms with Crippen molar-refractivity contribution < 1.29 is 24.2 Å². The largest absolute Gasteiger partial charge is 0.484 e. The van der Waals surface area contributed by atoms with Crippen LogP contribution in [0.5, 0.6) is 5.75 Å². The van der Waals surface area contributed by atoms with Gasteiger partial charge in [-0.15, -0.1) is 0 Å². The van der Waals surface area contributed by atoms with Crippen molar-refractivity contribution in [1.82, 2.24) is 4.90 Å². The lowest BCUT2D eigenvalue weighted by Gasteiger charge is -2.18. The Hall–Kier alpha value is -2.57. The minimum absolute atomic E-state index is 0.0536. The number of benzene rings is 1. The molecule has 2 amide bonds. The molecule has 2 atom stereocenters. The molecular weight excluding hydrogens is 336 g/mol. The molecule has 1 fully saturated rings. The van der Waals surface area contributed by atoms with Gasteiger partial charge in [-0.25, -0.2) is 0 Å². The summed E-state index contributed by atoms with van der Waals surface area (Å²) in [7, 11) is 0. The first-order valence-corrected chi connectivity index (χ1v) is 8.98. The van der Waals surface area contributed by atoms with Crippen molar-refractivity contribution in [2.75, 3.05) is 25.0 Å². The molecule has 0 saturated heterocycles. The summed E-state index contributed by atoms with van der Waals surface area (Å²) >= 11 is 0. The summed E-state index contributed by atoms with van der Waals surface area (Å²) in [5, 5.41) is 11.8. The summed E-state index contributed by atoms with van der Waals surface area (Å²) in [6.07, 6.45) is 1.48. The lowest BCUT2D eigenvalue weighted by molar-refractivity contribution is -0.141. The SMILES string of the molecule is CCN(CC)C(=O)COc1cccc(NC(=O)[C@@H]2CC[C@H](C(=O)O)C2)c1. The maximum atomic E-state index is 12.3. The molecule has 0 unspecified atom stereocenters. The van der Waals surface area contributed by atoms with Crippen molar-refractivity contribution in [3.05, 3.63) is 24.3 Å². The molecule has 26 heavy (non-hydrogen) atoms. The van der Waals surface area contributed by atoms with E-state index in [9.17, 15) is 14.4 Å². The number of nitrogens with zero attached hydrogens (tertiary/aromatic N) is 1. The number of carboxylic acids is 1. The van der Waals surface area contributed by atoms with E-state index in [0.29, 0.717) is 43.8 Å². The third-order valence-electron chi connectivity index (χ3n) is 4.73.